The molecule has 1 rings (SSSR count). The zero-order valence-electron chi connectivity index (χ0n) is 13.4. The smallest absolute Gasteiger partial charge is 0.269 e. The maximum Gasteiger partial charge on any atom is 0.269 e. The van der Waals surface area contributed by atoms with E-state index in [4.69, 9.17) is 9.16 Å². The largest absolute Gasteiger partial charge is 0.487 e. The second-order valence-corrected chi connectivity index (χ2v) is 6.98. The van der Waals surface area contributed by atoms with Crippen molar-refractivity contribution in [2.24, 2.45) is 5.41 Å². The third-order valence-corrected chi connectivity index (χ3v) is 3.82. The lowest BCUT2D eigenvalue weighted by molar-refractivity contribution is -0.384. The van der Waals surface area contributed by atoms with E-state index in [0.29, 0.717) is 5.75 Å². The lowest BCUT2D eigenvalue weighted by Gasteiger charge is -2.42. The van der Waals surface area contributed by atoms with E-state index < -0.39 is 10.5 Å². The molecule has 115 valence electrons. The number of rotatable bonds is 5. The van der Waals surface area contributed by atoms with Gasteiger partial charge < -0.3 is 9.16 Å². The minimum atomic E-state index is -0.566. The van der Waals surface area contributed by atoms with Crippen molar-refractivity contribution in [3.8, 4) is 5.75 Å². The van der Waals surface area contributed by atoms with Gasteiger partial charge in [0.15, 0.2) is 0 Å². The molecule has 0 aliphatic heterocycles. The molecule has 0 fully saturated rings. The van der Waals surface area contributed by atoms with E-state index in [0.717, 1.165) is 5.56 Å². The Hall–Kier alpha value is -1.40. The number of nitrogens with zero attached hydrogens (tertiary/aromatic N) is 1. The van der Waals surface area contributed by atoms with Crippen molar-refractivity contribution in [2.45, 2.75) is 53.2 Å². The molecule has 21 heavy (non-hydrogen) atoms. The SMILES string of the molecule is Cc1cc([N+](=O)[O-])ccc1OC(C(C)(C)C)C(C)(C)O[Si]. The van der Waals surface area contributed by atoms with Gasteiger partial charge in [-0.2, -0.15) is 0 Å². The van der Waals surface area contributed by atoms with Crippen LogP contribution in [-0.4, -0.2) is 27.1 Å². The minimum absolute atomic E-state index is 0.0581. The zero-order chi connectivity index (χ0) is 16.4. The highest BCUT2D eigenvalue weighted by atomic mass is 28.2. The number of aryl methyl sites for hydroxylation is 1. The molecule has 6 heteroatoms. The number of hydrogen-bond donors (Lipinski definition) is 0. The fourth-order valence-electron chi connectivity index (χ4n) is 2.42. The molecule has 1 aromatic rings. The van der Waals surface area contributed by atoms with E-state index in [1.165, 1.54) is 12.1 Å². The summed E-state index contributed by atoms with van der Waals surface area (Å²) >= 11 is 0. The number of nitro groups is 1. The van der Waals surface area contributed by atoms with E-state index in [9.17, 15) is 10.1 Å². The van der Waals surface area contributed by atoms with Crippen molar-refractivity contribution in [1.82, 2.24) is 0 Å². The van der Waals surface area contributed by atoms with Crippen LogP contribution in [-0.2, 0) is 4.43 Å². The Morgan fingerprint density at radius 1 is 1.24 bits per heavy atom. The monoisotopic (exact) mass is 308 g/mol. The van der Waals surface area contributed by atoms with Gasteiger partial charge in [-0.05, 0) is 32.4 Å². The molecule has 1 atom stereocenters. The predicted molar refractivity (Wildman–Crippen MR) is 82.6 cm³/mol. The van der Waals surface area contributed by atoms with E-state index >= 15 is 0 Å². The van der Waals surface area contributed by atoms with Crippen LogP contribution in [0.2, 0.25) is 0 Å². The summed E-state index contributed by atoms with van der Waals surface area (Å²) in [5, 5.41) is 10.8. The lowest BCUT2D eigenvalue weighted by atomic mass is 9.80. The van der Waals surface area contributed by atoms with Crippen LogP contribution in [0.1, 0.15) is 40.2 Å². The summed E-state index contributed by atoms with van der Waals surface area (Å²) in [6, 6.07) is 4.59. The normalized spacial score (nSPS) is 13.9. The molecule has 3 radical (unpaired) electrons. The molecule has 0 saturated carbocycles. The first-order chi connectivity index (χ1) is 9.49. The van der Waals surface area contributed by atoms with Crippen LogP contribution in [0.3, 0.4) is 0 Å². The van der Waals surface area contributed by atoms with Crippen LogP contribution in [0.5, 0.6) is 5.75 Å². The molecule has 1 unspecified atom stereocenters. The van der Waals surface area contributed by atoms with Crippen LogP contribution in [0.4, 0.5) is 5.69 Å². The molecule has 0 spiro atoms. The van der Waals surface area contributed by atoms with Crippen molar-refractivity contribution < 1.29 is 14.1 Å². The van der Waals surface area contributed by atoms with Crippen LogP contribution in [0.25, 0.3) is 0 Å². The Kier molecular flexibility index (Phi) is 5.17. The second kappa shape index (κ2) is 6.15. The standard InChI is InChI=1S/C15H22NO4Si/c1-10-9-11(16(17)18)7-8-12(10)19-13(14(2,3)4)15(5,6)20-21/h7-9,13H,1-6H3. The number of non-ortho nitro benzene ring substituents is 1. The summed E-state index contributed by atoms with van der Waals surface area (Å²) in [4.78, 5) is 10.4. The highest BCUT2D eigenvalue weighted by molar-refractivity contribution is 5.98. The van der Waals surface area contributed by atoms with Gasteiger partial charge in [-0.1, -0.05) is 20.8 Å². The Morgan fingerprint density at radius 2 is 1.81 bits per heavy atom. The van der Waals surface area contributed by atoms with Crippen molar-refractivity contribution in [1.29, 1.82) is 0 Å². The molecule has 0 amide bonds. The Bertz CT molecular complexity index is 523. The fourth-order valence-corrected chi connectivity index (χ4v) is 2.53. The third kappa shape index (κ3) is 4.28. The molecule has 0 saturated heterocycles. The second-order valence-electron chi connectivity index (χ2n) is 6.78. The molecule has 0 aliphatic carbocycles. The molecule has 0 heterocycles. The molecule has 0 aliphatic rings. The molecule has 1 aromatic carbocycles. The average Bonchev–Trinajstić information content (AvgIpc) is 2.35. The number of nitro benzene ring substituents is 1. The zero-order valence-corrected chi connectivity index (χ0v) is 14.4. The Labute approximate surface area is 129 Å². The number of benzene rings is 1. The Balaban J connectivity index is 3.14. The molecule has 0 N–H and O–H groups in total. The third-order valence-electron chi connectivity index (χ3n) is 3.30. The maximum atomic E-state index is 10.8. The maximum absolute atomic E-state index is 10.8. The van der Waals surface area contributed by atoms with Crippen LogP contribution in [0, 0.1) is 22.5 Å². The summed E-state index contributed by atoms with van der Waals surface area (Å²) in [6.07, 6.45) is -0.248. The van der Waals surface area contributed by atoms with Gasteiger partial charge in [0.2, 0.25) is 10.5 Å². The predicted octanol–water partition coefficient (Wildman–Crippen LogP) is 3.58. The molecule has 0 aromatic heterocycles. The van der Waals surface area contributed by atoms with Gasteiger partial charge in [0.1, 0.15) is 11.9 Å². The van der Waals surface area contributed by atoms with E-state index in [1.807, 2.05) is 13.8 Å². The molecule has 5 nitrogen and oxygen atoms in total. The molecular weight excluding hydrogens is 286 g/mol. The molecular formula is C15H22NO4Si. The first-order valence-electron chi connectivity index (χ1n) is 6.75. The summed E-state index contributed by atoms with van der Waals surface area (Å²) < 4.78 is 11.5. The summed E-state index contributed by atoms with van der Waals surface area (Å²) in [6.45, 7) is 11.8. The van der Waals surface area contributed by atoms with Gasteiger partial charge >= 0.3 is 0 Å². The summed E-state index contributed by atoms with van der Waals surface area (Å²) in [5.41, 5.74) is 0.0410. The quantitative estimate of drug-likeness (QED) is 0.474. The lowest BCUT2D eigenvalue weighted by Crippen LogP contribution is -2.50. The summed E-state index contributed by atoms with van der Waals surface area (Å²) in [7, 11) is 3.11. The van der Waals surface area contributed by atoms with Gasteiger partial charge in [0, 0.05) is 17.5 Å². The van der Waals surface area contributed by atoms with Crippen LogP contribution < -0.4 is 4.74 Å². The topological polar surface area (TPSA) is 61.6 Å². The summed E-state index contributed by atoms with van der Waals surface area (Å²) in [5.74, 6) is 0.623. The first-order valence-corrected chi connectivity index (χ1v) is 7.16. The van der Waals surface area contributed by atoms with Crippen LogP contribution in [0.15, 0.2) is 18.2 Å². The van der Waals surface area contributed by atoms with E-state index in [1.54, 1.807) is 13.0 Å². The van der Waals surface area contributed by atoms with Crippen molar-refractivity contribution in [3.63, 3.8) is 0 Å². The van der Waals surface area contributed by atoms with E-state index in [2.05, 4.69) is 31.3 Å². The van der Waals surface area contributed by atoms with Crippen LogP contribution >= 0.6 is 0 Å². The van der Waals surface area contributed by atoms with Gasteiger partial charge in [0.25, 0.3) is 5.69 Å². The van der Waals surface area contributed by atoms with Gasteiger partial charge in [-0.15, -0.1) is 0 Å². The molecule has 0 bridgehead atoms. The van der Waals surface area contributed by atoms with Gasteiger partial charge in [0.05, 0.1) is 10.5 Å². The number of ether oxygens (including phenoxy) is 1. The highest BCUT2D eigenvalue weighted by Gasteiger charge is 2.40. The van der Waals surface area contributed by atoms with Gasteiger partial charge in [-0.3, -0.25) is 10.1 Å². The van der Waals surface area contributed by atoms with Crippen molar-refractivity contribution in [2.75, 3.05) is 0 Å². The Morgan fingerprint density at radius 3 is 2.19 bits per heavy atom. The average molecular weight is 308 g/mol. The van der Waals surface area contributed by atoms with E-state index in [-0.39, 0.29) is 17.2 Å². The highest BCUT2D eigenvalue weighted by Crippen LogP contribution is 2.35. The van der Waals surface area contributed by atoms with Crippen molar-refractivity contribution >= 4 is 16.2 Å². The van der Waals surface area contributed by atoms with Gasteiger partial charge in [-0.25, -0.2) is 0 Å². The fraction of sp³-hybridized carbons (Fsp3) is 0.600. The number of hydrogen-bond acceptors (Lipinski definition) is 4. The van der Waals surface area contributed by atoms with Crippen molar-refractivity contribution in [3.05, 3.63) is 33.9 Å². The first kappa shape index (κ1) is 17.6. The minimum Gasteiger partial charge on any atom is -0.487 e.